The minimum absolute atomic E-state index is 0. The summed E-state index contributed by atoms with van der Waals surface area (Å²) < 4.78 is 27.2. The van der Waals surface area contributed by atoms with Crippen LogP contribution >= 0.6 is 12.4 Å². The van der Waals surface area contributed by atoms with Gasteiger partial charge in [-0.05, 0) is 49.6 Å². The van der Waals surface area contributed by atoms with Gasteiger partial charge in [-0.2, -0.15) is 0 Å². The summed E-state index contributed by atoms with van der Waals surface area (Å²) in [6.45, 7) is 1.75. The standard InChI is InChI=1S/C16H18N4O3S.ClH/c1-10-2-6-13(24(22,23)20-11-3-4-11)8-14(10)16(21)19-12-5-7-15(17)18-9-12;/h2,5-9,11,20H,3-4H2,1H3,(H2,17,18)(H,19,21);1H. The number of hydrogen-bond donors (Lipinski definition) is 3. The van der Waals surface area contributed by atoms with Gasteiger partial charge in [-0.25, -0.2) is 18.1 Å². The molecule has 1 aliphatic carbocycles. The number of amides is 1. The second-order valence-corrected chi connectivity index (χ2v) is 7.51. The van der Waals surface area contributed by atoms with E-state index in [1.807, 2.05) is 0 Å². The highest BCUT2D eigenvalue weighted by molar-refractivity contribution is 7.89. The van der Waals surface area contributed by atoms with Crippen molar-refractivity contribution in [2.45, 2.75) is 30.7 Å². The number of nitrogen functional groups attached to an aromatic ring is 1. The van der Waals surface area contributed by atoms with Gasteiger partial charge in [0.15, 0.2) is 0 Å². The Labute approximate surface area is 152 Å². The van der Waals surface area contributed by atoms with Crippen LogP contribution in [-0.2, 0) is 10.0 Å². The van der Waals surface area contributed by atoms with Crippen molar-refractivity contribution in [3.63, 3.8) is 0 Å². The third-order valence-corrected chi connectivity index (χ3v) is 5.23. The number of rotatable bonds is 5. The predicted octanol–water partition coefficient (Wildman–Crippen LogP) is 2.09. The quantitative estimate of drug-likeness (QED) is 0.732. The molecule has 4 N–H and O–H groups in total. The zero-order valence-corrected chi connectivity index (χ0v) is 15.2. The Morgan fingerprint density at radius 1 is 1.24 bits per heavy atom. The first-order valence-corrected chi connectivity index (χ1v) is 8.99. The monoisotopic (exact) mass is 382 g/mol. The van der Waals surface area contributed by atoms with Crippen LogP contribution in [0.25, 0.3) is 0 Å². The maximum Gasteiger partial charge on any atom is 0.256 e. The zero-order valence-electron chi connectivity index (χ0n) is 13.5. The topological polar surface area (TPSA) is 114 Å². The van der Waals surface area contributed by atoms with E-state index in [0.717, 1.165) is 12.8 Å². The number of benzene rings is 1. The Kier molecular flexibility index (Phi) is 5.66. The molecule has 7 nitrogen and oxygen atoms in total. The molecule has 1 amide bonds. The normalized spacial score (nSPS) is 13.8. The average Bonchev–Trinajstić information content (AvgIpc) is 3.33. The SMILES string of the molecule is Cc1ccc(S(=O)(=O)NC2CC2)cc1C(=O)Nc1ccc(N)nc1.Cl. The lowest BCUT2D eigenvalue weighted by Crippen LogP contribution is -2.26. The summed E-state index contributed by atoms with van der Waals surface area (Å²) in [6, 6.07) is 7.72. The maximum absolute atomic E-state index is 12.4. The Balaban J connectivity index is 0.00000225. The van der Waals surface area contributed by atoms with E-state index in [1.54, 1.807) is 25.1 Å². The van der Waals surface area contributed by atoms with Gasteiger partial charge in [0.25, 0.3) is 5.91 Å². The van der Waals surface area contributed by atoms with E-state index < -0.39 is 15.9 Å². The fraction of sp³-hybridized carbons (Fsp3) is 0.250. The van der Waals surface area contributed by atoms with Crippen LogP contribution in [0.2, 0.25) is 0 Å². The van der Waals surface area contributed by atoms with Gasteiger partial charge < -0.3 is 11.1 Å². The van der Waals surface area contributed by atoms with Crippen molar-refractivity contribution in [1.29, 1.82) is 0 Å². The fourth-order valence-corrected chi connectivity index (χ4v) is 3.51. The van der Waals surface area contributed by atoms with Crippen molar-refractivity contribution in [2.75, 3.05) is 11.1 Å². The van der Waals surface area contributed by atoms with Gasteiger partial charge >= 0.3 is 0 Å². The van der Waals surface area contributed by atoms with E-state index in [-0.39, 0.29) is 23.3 Å². The van der Waals surface area contributed by atoms with E-state index in [4.69, 9.17) is 5.73 Å². The maximum atomic E-state index is 12.4. The molecule has 1 fully saturated rings. The summed E-state index contributed by atoms with van der Waals surface area (Å²) in [7, 11) is -3.61. The van der Waals surface area contributed by atoms with Crippen molar-refractivity contribution < 1.29 is 13.2 Å². The Morgan fingerprint density at radius 2 is 1.96 bits per heavy atom. The first kappa shape index (κ1) is 19.2. The van der Waals surface area contributed by atoms with E-state index in [1.165, 1.54) is 18.3 Å². The Morgan fingerprint density at radius 3 is 2.56 bits per heavy atom. The zero-order chi connectivity index (χ0) is 17.3. The number of hydrogen-bond acceptors (Lipinski definition) is 5. The molecule has 9 heteroatoms. The molecule has 25 heavy (non-hydrogen) atoms. The number of nitrogens with zero attached hydrogens (tertiary/aromatic N) is 1. The van der Waals surface area contributed by atoms with E-state index in [2.05, 4.69) is 15.0 Å². The largest absolute Gasteiger partial charge is 0.384 e. The molecule has 0 bridgehead atoms. The molecule has 1 aromatic carbocycles. The van der Waals surface area contributed by atoms with Crippen LogP contribution < -0.4 is 15.8 Å². The van der Waals surface area contributed by atoms with Crippen LogP contribution in [-0.4, -0.2) is 25.4 Å². The molecule has 1 aromatic heterocycles. The lowest BCUT2D eigenvalue weighted by atomic mass is 10.1. The van der Waals surface area contributed by atoms with Crippen LogP contribution in [0.4, 0.5) is 11.5 Å². The van der Waals surface area contributed by atoms with Gasteiger partial charge in [0, 0.05) is 11.6 Å². The molecule has 134 valence electrons. The number of sulfonamides is 1. The molecule has 0 saturated heterocycles. The summed E-state index contributed by atoms with van der Waals surface area (Å²) in [5.74, 6) is -0.0500. The van der Waals surface area contributed by atoms with Gasteiger partial charge in [0.05, 0.1) is 16.8 Å². The Bertz CT molecular complexity index is 881. The summed E-state index contributed by atoms with van der Waals surface area (Å²) in [5.41, 5.74) is 6.97. The van der Waals surface area contributed by atoms with Crippen molar-refractivity contribution in [3.05, 3.63) is 47.7 Å². The smallest absolute Gasteiger partial charge is 0.256 e. The van der Waals surface area contributed by atoms with Crippen LogP contribution in [0, 0.1) is 6.92 Å². The van der Waals surface area contributed by atoms with Crippen molar-refractivity contribution in [1.82, 2.24) is 9.71 Å². The number of nitrogens with one attached hydrogen (secondary N) is 2. The first-order chi connectivity index (χ1) is 11.3. The van der Waals surface area contributed by atoms with Gasteiger partial charge in [-0.1, -0.05) is 6.07 Å². The van der Waals surface area contributed by atoms with E-state index in [9.17, 15) is 13.2 Å². The molecule has 0 unspecified atom stereocenters. The average molecular weight is 383 g/mol. The molecular weight excluding hydrogens is 364 g/mol. The molecule has 1 aliphatic rings. The van der Waals surface area contributed by atoms with Crippen LogP contribution in [0.3, 0.4) is 0 Å². The van der Waals surface area contributed by atoms with E-state index >= 15 is 0 Å². The number of halogens is 1. The molecule has 0 spiro atoms. The minimum atomic E-state index is -3.61. The summed E-state index contributed by atoms with van der Waals surface area (Å²) in [4.78, 5) is 16.4. The highest BCUT2D eigenvalue weighted by atomic mass is 35.5. The minimum Gasteiger partial charge on any atom is -0.384 e. The molecule has 0 atom stereocenters. The second-order valence-electron chi connectivity index (χ2n) is 5.80. The van der Waals surface area contributed by atoms with Gasteiger partial charge in [0.1, 0.15) is 5.82 Å². The fourth-order valence-electron chi connectivity index (χ4n) is 2.18. The highest BCUT2D eigenvalue weighted by Crippen LogP contribution is 2.23. The lowest BCUT2D eigenvalue weighted by molar-refractivity contribution is 0.102. The summed E-state index contributed by atoms with van der Waals surface area (Å²) in [5, 5.41) is 2.69. The molecule has 0 radical (unpaired) electrons. The van der Waals surface area contributed by atoms with Crippen molar-refractivity contribution in [3.8, 4) is 0 Å². The van der Waals surface area contributed by atoms with Crippen molar-refractivity contribution in [2.24, 2.45) is 0 Å². The van der Waals surface area contributed by atoms with E-state index in [0.29, 0.717) is 22.6 Å². The predicted molar refractivity (Wildman–Crippen MR) is 98.4 cm³/mol. The molecular formula is C16H19ClN4O3S. The van der Waals surface area contributed by atoms with Crippen LogP contribution in [0.15, 0.2) is 41.4 Å². The third kappa shape index (κ3) is 4.68. The summed E-state index contributed by atoms with van der Waals surface area (Å²) in [6.07, 6.45) is 3.14. The molecule has 0 aliphatic heterocycles. The van der Waals surface area contributed by atoms with Gasteiger partial charge in [-0.3, -0.25) is 4.79 Å². The summed E-state index contributed by atoms with van der Waals surface area (Å²) >= 11 is 0. The lowest BCUT2D eigenvalue weighted by Gasteiger charge is -2.11. The number of carbonyl (C=O) groups is 1. The Hall–Kier alpha value is -2.16. The van der Waals surface area contributed by atoms with Crippen LogP contribution in [0.5, 0.6) is 0 Å². The molecule has 1 heterocycles. The molecule has 1 saturated carbocycles. The number of aromatic nitrogens is 1. The number of pyridine rings is 1. The first-order valence-electron chi connectivity index (χ1n) is 7.51. The molecule has 2 aromatic rings. The number of carbonyl (C=O) groups excluding carboxylic acids is 1. The number of anilines is 2. The van der Waals surface area contributed by atoms with Gasteiger partial charge in [0.2, 0.25) is 10.0 Å². The second kappa shape index (κ2) is 7.38. The van der Waals surface area contributed by atoms with Crippen molar-refractivity contribution >= 4 is 39.8 Å². The van der Waals surface area contributed by atoms with Gasteiger partial charge in [-0.15, -0.1) is 12.4 Å². The number of aryl methyl sites for hydroxylation is 1. The third-order valence-electron chi connectivity index (χ3n) is 3.71. The molecule has 3 rings (SSSR count). The highest BCUT2D eigenvalue weighted by Gasteiger charge is 2.28. The van der Waals surface area contributed by atoms with Crippen LogP contribution in [0.1, 0.15) is 28.8 Å². The number of nitrogens with two attached hydrogens (primary N) is 1.